The average Bonchev–Trinajstić information content (AvgIpc) is 3.27. The zero-order valence-corrected chi connectivity index (χ0v) is 19.6. The van der Waals surface area contributed by atoms with Crippen LogP contribution in [-0.2, 0) is 23.7 Å². The molecule has 4 fully saturated rings. The Morgan fingerprint density at radius 2 is 1.61 bits per heavy atom. The van der Waals surface area contributed by atoms with E-state index in [1.54, 1.807) is 7.05 Å². The highest BCUT2D eigenvalue weighted by atomic mass is 16.9. The average molecular weight is 528 g/mol. The molecule has 36 heavy (non-hydrogen) atoms. The quantitative estimate of drug-likeness (QED) is 0.153. The molecule has 0 radical (unpaired) electrons. The molecular weight excluding hydrogens is 490 g/mol. The van der Waals surface area contributed by atoms with Crippen molar-refractivity contribution in [1.29, 1.82) is 0 Å². The Balaban J connectivity index is 1.62. The Morgan fingerprint density at radius 1 is 0.944 bits per heavy atom. The van der Waals surface area contributed by atoms with Crippen molar-refractivity contribution in [3.63, 3.8) is 0 Å². The second-order valence-electron chi connectivity index (χ2n) is 9.72. The molecule has 0 unspecified atom stereocenters. The minimum Gasteiger partial charge on any atom is -0.395 e. The standard InChI is InChI=1S/C20H37N3O13/c1-23-7-2-5(21)9(26)15(10(7)27)33-19-17-16(11(28)8(4-25)32-19)35-20(36-17)18(31)13(30)12(29)14(34-20)6(22)3-24/h5-19,23-31H,2-4,21-22H2,1H3/t5-,6-,7+,8-,9+,10-,11+,12-,13+,14-,15+,16+,17-,18-,19+,20+/m1/s1. The normalized spacial score (nSPS) is 54.4. The van der Waals surface area contributed by atoms with Crippen molar-refractivity contribution in [3.8, 4) is 0 Å². The number of rotatable bonds is 6. The van der Waals surface area contributed by atoms with Crippen LogP contribution in [0.3, 0.4) is 0 Å². The first kappa shape index (κ1) is 28.4. The molecule has 0 aromatic rings. The number of aliphatic hydroxyl groups excluding tert-OH is 8. The number of ether oxygens (including phenoxy) is 5. The number of hydrogen-bond donors (Lipinski definition) is 11. The predicted molar refractivity (Wildman–Crippen MR) is 115 cm³/mol. The highest BCUT2D eigenvalue weighted by Crippen LogP contribution is 2.45. The maximum Gasteiger partial charge on any atom is 0.314 e. The summed E-state index contributed by atoms with van der Waals surface area (Å²) in [5.74, 6) is -2.48. The summed E-state index contributed by atoms with van der Waals surface area (Å²) >= 11 is 0. The van der Waals surface area contributed by atoms with Gasteiger partial charge in [0.2, 0.25) is 0 Å². The third kappa shape index (κ3) is 4.68. The van der Waals surface area contributed by atoms with E-state index in [9.17, 15) is 40.9 Å². The van der Waals surface area contributed by atoms with E-state index >= 15 is 0 Å². The summed E-state index contributed by atoms with van der Waals surface area (Å²) < 4.78 is 28.7. The molecule has 0 amide bonds. The Kier molecular flexibility index (Phi) is 8.55. The zero-order chi connectivity index (χ0) is 26.5. The number of nitrogens with two attached hydrogens (primary N) is 2. The molecule has 4 aliphatic rings. The van der Waals surface area contributed by atoms with Crippen molar-refractivity contribution in [2.24, 2.45) is 11.5 Å². The van der Waals surface area contributed by atoms with E-state index in [1.807, 2.05) is 0 Å². The largest absolute Gasteiger partial charge is 0.395 e. The lowest BCUT2D eigenvalue weighted by molar-refractivity contribution is -0.439. The van der Waals surface area contributed by atoms with Gasteiger partial charge in [0.05, 0.1) is 31.5 Å². The van der Waals surface area contributed by atoms with Crippen LogP contribution >= 0.6 is 0 Å². The van der Waals surface area contributed by atoms with Gasteiger partial charge in [-0.1, -0.05) is 0 Å². The van der Waals surface area contributed by atoms with Gasteiger partial charge in [0.25, 0.3) is 0 Å². The molecule has 13 N–H and O–H groups in total. The van der Waals surface area contributed by atoms with Crippen LogP contribution in [0.25, 0.3) is 0 Å². The van der Waals surface area contributed by atoms with E-state index in [0.717, 1.165) is 0 Å². The minimum atomic E-state index is -2.48. The van der Waals surface area contributed by atoms with Crippen LogP contribution in [0.2, 0.25) is 0 Å². The van der Waals surface area contributed by atoms with Crippen LogP contribution in [0.15, 0.2) is 0 Å². The number of nitrogens with one attached hydrogen (secondary N) is 1. The van der Waals surface area contributed by atoms with Gasteiger partial charge in [-0.05, 0) is 13.5 Å². The first-order chi connectivity index (χ1) is 17.0. The van der Waals surface area contributed by atoms with Crippen LogP contribution in [-0.4, -0.2) is 159 Å². The maximum absolute atomic E-state index is 10.7. The highest BCUT2D eigenvalue weighted by Gasteiger charge is 2.67. The first-order valence-electron chi connectivity index (χ1n) is 11.8. The van der Waals surface area contributed by atoms with E-state index < -0.39 is 111 Å². The molecule has 0 bridgehead atoms. The molecule has 16 heteroatoms. The van der Waals surface area contributed by atoms with E-state index in [1.165, 1.54) is 0 Å². The molecule has 3 heterocycles. The third-order valence-corrected chi connectivity index (χ3v) is 7.42. The zero-order valence-electron chi connectivity index (χ0n) is 19.6. The molecule has 0 aromatic carbocycles. The lowest BCUT2D eigenvalue weighted by Gasteiger charge is -2.46. The van der Waals surface area contributed by atoms with Crippen LogP contribution in [0.5, 0.6) is 0 Å². The maximum atomic E-state index is 10.7. The molecule has 3 aliphatic heterocycles. The molecule has 0 aromatic heterocycles. The van der Waals surface area contributed by atoms with Crippen molar-refractivity contribution in [3.05, 3.63) is 0 Å². The Morgan fingerprint density at radius 3 is 2.22 bits per heavy atom. The van der Waals surface area contributed by atoms with Crippen LogP contribution in [0.4, 0.5) is 0 Å². The van der Waals surface area contributed by atoms with Crippen molar-refractivity contribution in [2.75, 3.05) is 20.3 Å². The van der Waals surface area contributed by atoms with Gasteiger partial charge in [0, 0.05) is 12.1 Å². The van der Waals surface area contributed by atoms with Gasteiger partial charge in [-0.2, -0.15) is 0 Å². The molecule has 4 rings (SSSR count). The molecule has 1 saturated carbocycles. The Bertz CT molecular complexity index is 756. The molecule has 1 aliphatic carbocycles. The van der Waals surface area contributed by atoms with Crippen molar-refractivity contribution >= 4 is 0 Å². The summed E-state index contributed by atoms with van der Waals surface area (Å²) in [7, 11) is 1.60. The Hall–Kier alpha value is -0.640. The Labute approximate surface area is 206 Å². The monoisotopic (exact) mass is 527 g/mol. The summed E-state index contributed by atoms with van der Waals surface area (Å²) in [5.41, 5.74) is 11.8. The summed E-state index contributed by atoms with van der Waals surface area (Å²) in [6.07, 6.45) is -17.7. The summed E-state index contributed by atoms with van der Waals surface area (Å²) in [4.78, 5) is 0. The second kappa shape index (κ2) is 10.9. The van der Waals surface area contributed by atoms with Crippen LogP contribution in [0.1, 0.15) is 6.42 Å². The van der Waals surface area contributed by atoms with Crippen molar-refractivity contribution in [2.45, 2.75) is 104 Å². The van der Waals surface area contributed by atoms with Gasteiger partial charge in [0.1, 0.15) is 48.8 Å². The summed E-state index contributed by atoms with van der Waals surface area (Å²) in [5, 5.41) is 85.6. The molecule has 16 atom stereocenters. The molecule has 16 nitrogen and oxygen atoms in total. The van der Waals surface area contributed by atoms with Gasteiger partial charge in [-0.15, -0.1) is 0 Å². The molecule has 1 spiro atoms. The van der Waals surface area contributed by atoms with Gasteiger partial charge in [-0.25, -0.2) is 0 Å². The smallest absolute Gasteiger partial charge is 0.314 e. The van der Waals surface area contributed by atoms with E-state index in [4.69, 9.17) is 35.2 Å². The number of fused-ring (bicyclic) bond motifs is 1. The number of likely N-dealkylation sites (N-methyl/N-ethyl adjacent to an activating group) is 1. The van der Waals surface area contributed by atoms with Gasteiger partial charge in [0.15, 0.2) is 12.4 Å². The van der Waals surface area contributed by atoms with Crippen LogP contribution < -0.4 is 16.8 Å². The fourth-order valence-corrected chi connectivity index (χ4v) is 5.23. The number of aliphatic hydroxyl groups is 8. The number of hydrogen-bond acceptors (Lipinski definition) is 16. The minimum absolute atomic E-state index is 0.254. The first-order valence-corrected chi connectivity index (χ1v) is 11.8. The van der Waals surface area contributed by atoms with Crippen molar-refractivity contribution in [1.82, 2.24) is 5.32 Å². The van der Waals surface area contributed by atoms with Crippen molar-refractivity contribution < 1.29 is 64.5 Å². The predicted octanol–water partition coefficient (Wildman–Crippen LogP) is -7.27. The lowest BCUT2D eigenvalue weighted by atomic mass is 9.84. The van der Waals surface area contributed by atoms with Gasteiger partial charge in [-0.3, -0.25) is 0 Å². The van der Waals surface area contributed by atoms with Gasteiger partial charge >= 0.3 is 5.97 Å². The molecule has 3 saturated heterocycles. The molecular formula is C20H37N3O13. The third-order valence-electron chi connectivity index (χ3n) is 7.42. The topological polar surface area (TPSA) is 272 Å². The summed E-state index contributed by atoms with van der Waals surface area (Å²) in [6, 6.07) is -2.50. The fraction of sp³-hybridized carbons (Fsp3) is 1.00. The van der Waals surface area contributed by atoms with Crippen LogP contribution in [0, 0.1) is 0 Å². The van der Waals surface area contributed by atoms with E-state index in [0.29, 0.717) is 0 Å². The summed E-state index contributed by atoms with van der Waals surface area (Å²) in [6.45, 7) is -1.33. The molecule has 210 valence electrons. The highest BCUT2D eigenvalue weighted by molar-refractivity contribution is 5.05. The SMILES string of the molecule is CN[C@H]1C[C@@H](N)[C@H](O)[C@H](O[C@@H]2O[C@H](CO)[C@H](O)[C@@H]3O[C@@]4(O[C@@H]23)O[C@H]([C@H](N)CO)[C@H](O)[C@H](O)[C@H]4O)[C@@H]1O. The van der Waals surface area contributed by atoms with E-state index in [-0.39, 0.29) is 6.42 Å². The second-order valence-corrected chi connectivity index (χ2v) is 9.72. The fourth-order valence-electron chi connectivity index (χ4n) is 5.23. The lowest BCUT2D eigenvalue weighted by Crippen LogP contribution is -2.69. The van der Waals surface area contributed by atoms with E-state index in [2.05, 4.69) is 5.32 Å². The van der Waals surface area contributed by atoms with Gasteiger partial charge < -0.3 is 81.3 Å².